The zero-order valence-corrected chi connectivity index (χ0v) is 16.0. The summed E-state index contributed by atoms with van der Waals surface area (Å²) in [5.74, 6) is -1.48. The van der Waals surface area contributed by atoms with Gasteiger partial charge < -0.3 is 10.2 Å². The molecule has 0 saturated carbocycles. The van der Waals surface area contributed by atoms with E-state index in [1.54, 1.807) is 24.3 Å². The summed E-state index contributed by atoms with van der Waals surface area (Å²) >= 11 is 0.842. The minimum atomic E-state index is -4.08. The Morgan fingerprint density at radius 3 is 2.35 bits per heavy atom. The summed E-state index contributed by atoms with van der Waals surface area (Å²) in [6, 6.07) is 9.60. The van der Waals surface area contributed by atoms with Crippen molar-refractivity contribution in [3.05, 3.63) is 64.6 Å². The van der Waals surface area contributed by atoms with Crippen molar-refractivity contribution in [2.45, 2.75) is 36.1 Å². The lowest BCUT2D eigenvalue weighted by atomic mass is 9.87. The maximum Gasteiger partial charge on any atom is 0.282 e. The van der Waals surface area contributed by atoms with E-state index in [0.29, 0.717) is 10.6 Å². The molecule has 0 radical (unpaired) electrons. The number of thioether (sulfide) groups is 1. The van der Waals surface area contributed by atoms with Gasteiger partial charge in [-0.25, -0.2) is 4.98 Å². The molecule has 0 N–H and O–H groups in total. The van der Waals surface area contributed by atoms with E-state index in [0.717, 1.165) is 17.3 Å². The fourth-order valence-corrected chi connectivity index (χ4v) is 4.44. The van der Waals surface area contributed by atoms with Crippen LogP contribution in [-0.2, 0) is 15.4 Å². The van der Waals surface area contributed by atoms with Crippen LogP contribution in [0.2, 0.25) is 0 Å². The number of allylic oxidation sites excluding steroid dienone is 1. The average molecular weight is 388 g/mol. The number of pyridine rings is 1. The topological polar surface area (TPSA) is 106 Å². The van der Waals surface area contributed by atoms with Gasteiger partial charge in [0, 0.05) is 16.7 Å². The van der Waals surface area contributed by atoms with Crippen LogP contribution in [0.3, 0.4) is 0 Å². The molecule has 0 aliphatic carbocycles. The fraction of sp³-hybridized carbons (Fsp3) is 0.222. The summed E-state index contributed by atoms with van der Waals surface area (Å²) in [7, 11) is -4.08. The number of hydrogen-bond donors (Lipinski definition) is 0. The van der Waals surface area contributed by atoms with Gasteiger partial charge in [0.25, 0.3) is 10.0 Å². The van der Waals surface area contributed by atoms with E-state index in [1.165, 1.54) is 18.3 Å². The first-order valence-electron chi connectivity index (χ1n) is 7.77. The molecule has 26 heavy (non-hydrogen) atoms. The summed E-state index contributed by atoms with van der Waals surface area (Å²) < 4.78 is 29.2. The van der Waals surface area contributed by atoms with Crippen LogP contribution in [-0.4, -0.2) is 19.1 Å². The molecule has 0 spiro atoms. The van der Waals surface area contributed by atoms with Crippen molar-refractivity contribution in [1.82, 2.24) is 4.98 Å². The highest BCUT2D eigenvalue weighted by molar-refractivity contribution is 8.04. The highest BCUT2D eigenvalue weighted by atomic mass is 32.2. The van der Waals surface area contributed by atoms with Crippen LogP contribution in [0.15, 0.2) is 67.8 Å². The number of rotatable bonds is 2. The number of benzene rings is 1. The highest BCUT2D eigenvalue weighted by Crippen LogP contribution is 2.39. The van der Waals surface area contributed by atoms with E-state index < -0.39 is 16.0 Å². The summed E-state index contributed by atoms with van der Waals surface area (Å²) in [6.45, 7) is 6.08. The first kappa shape index (κ1) is 18.5. The van der Waals surface area contributed by atoms with Crippen molar-refractivity contribution >= 4 is 27.5 Å². The number of hydrogen-bond acceptors (Lipinski definition) is 6. The Balaban J connectivity index is 2.09. The smallest absolute Gasteiger partial charge is 0.282 e. The van der Waals surface area contributed by atoms with Crippen LogP contribution in [0.1, 0.15) is 31.9 Å². The van der Waals surface area contributed by atoms with E-state index in [1.807, 2.05) is 20.8 Å². The molecule has 136 valence electrons. The predicted octanol–water partition coefficient (Wildman–Crippen LogP) is 1.55. The van der Waals surface area contributed by atoms with Gasteiger partial charge in [-0.15, -0.1) is 0 Å². The molecule has 0 fully saturated rings. The predicted molar refractivity (Wildman–Crippen MR) is 96.0 cm³/mol. The van der Waals surface area contributed by atoms with Crippen molar-refractivity contribution in [1.29, 1.82) is 0 Å². The Labute approximate surface area is 156 Å². The first-order chi connectivity index (χ1) is 12.1. The van der Waals surface area contributed by atoms with Gasteiger partial charge in [0.05, 0.1) is 10.6 Å². The molecule has 2 aromatic rings. The SMILES string of the molecule is CC(C)(C)c1ccc(S(=O)(=O)/N=C2/C(=C([O-])[O-])Sc3ncccc32)cc1. The van der Waals surface area contributed by atoms with Gasteiger partial charge in [-0.2, -0.15) is 18.8 Å². The minimum Gasteiger partial charge on any atom is -0.883 e. The number of fused-ring (bicyclic) bond motifs is 1. The highest BCUT2D eigenvalue weighted by Gasteiger charge is 2.27. The Morgan fingerprint density at radius 1 is 1.12 bits per heavy atom. The van der Waals surface area contributed by atoms with Gasteiger partial charge in [-0.1, -0.05) is 44.7 Å². The Kier molecular flexibility index (Phi) is 4.58. The second-order valence-electron chi connectivity index (χ2n) is 6.76. The largest absolute Gasteiger partial charge is 0.883 e. The van der Waals surface area contributed by atoms with Crippen LogP contribution in [0, 0.1) is 0 Å². The van der Waals surface area contributed by atoms with Crippen molar-refractivity contribution in [3.63, 3.8) is 0 Å². The van der Waals surface area contributed by atoms with Crippen LogP contribution < -0.4 is 10.2 Å². The zero-order chi connectivity index (χ0) is 19.1. The van der Waals surface area contributed by atoms with Gasteiger partial charge >= 0.3 is 0 Å². The second-order valence-corrected chi connectivity index (χ2v) is 9.37. The van der Waals surface area contributed by atoms with Crippen molar-refractivity contribution < 1.29 is 18.6 Å². The quantitative estimate of drug-likeness (QED) is 0.723. The van der Waals surface area contributed by atoms with Crippen molar-refractivity contribution in [2.24, 2.45) is 4.40 Å². The van der Waals surface area contributed by atoms with Gasteiger partial charge in [0.2, 0.25) is 0 Å². The molecule has 0 atom stereocenters. The fourth-order valence-electron chi connectivity index (χ4n) is 2.45. The monoisotopic (exact) mass is 388 g/mol. The summed E-state index contributed by atoms with van der Waals surface area (Å²) in [4.78, 5) is 3.80. The summed E-state index contributed by atoms with van der Waals surface area (Å²) in [6.07, 6.45) is 1.50. The van der Waals surface area contributed by atoms with E-state index >= 15 is 0 Å². The maximum atomic E-state index is 12.7. The van der Waals surface area contributed by atoms with Gasteiger partial charge in [-0.3, -0.25) is 0 Å². The van der Waals surface area contributed by atoms with Gasteiger partial charge in [0.15, 0.2) is 0 Å². The molecule has 0 saturated heterocycles. The van der Waals surface area contributed by atoms with Gasteiger partial charge in [0.1, 0.15) is 5.03 Å². The molecular weight excluding hydrogens is 372 g/mol. The van der Waals surface area contributed by atoms with Crippen molar-refractivity contribution in [2.75, 3.05) is 0 Å². The van der Waals surface area contributed by atoms with E-state index in [9.17, 15) is 18.6 Å². The third kappa shape index (κ3) is 3.47. The normalized spacial score (nSPS) is 16.0. The van der Waals surface area contributed by atoms with E-state index in [-0.39, 0.29) is 20.9 Å². The van der Waals surface area contributed by atoms with Crippen LogP contribution in [0.5, 0.6) is 0 Å². The van der Waals surface area contributed by atoms with E-state index in [4.69, 9.17) is 0 Å². The average Bonchev–Trinajstić information content (AvgIpc) is 2.93. The maximum absolute atomic E-state index is 12.7. The molecule has 3 rings (SSSR count). The Bertz CT molecular complexity index is 1010. The van der Waals surface area contributed by atoms with Crippen molar-refractivity contribution in [3.8, 4) is 0 Å². The molecule has 2 heterocycles. The minimum absolute atomic E-state index is 0.00182. The molecule has 0 amide bonds. The first-order valence-corrected chi connectivity index (χ1v) is 10.0. The van der Waals surface area contributed by atoms with Crippen LogP contribution in [0.4, 0.5) is 0 Å². The van der Waals surface area contributed by atoms with Crippen LogP contribution in [0.25, 0.3) is 0 Å². The molecule has 1 aliphatic rings. The van der Waals surface area contributed by atoms with E-state index in [2.05, 4.69) is 9.38 Å². The Hall–Kier alpha value is -2.32. The summed E-state index contributed by atoms with van der Waals surface area (Å²) in [5, 5.41) is 23.2. The number of aromatic nitrogens is 1. The summed E-state index contributed by atoms with van der Waals surface area (Å²) in [5.41, 5.74) is 1.10. The third-order valence-electron chi connectivity index (χ3n) is 3.86. The molecule has 1 aliphatic heterocycles. The lowest BCUT2D eigenvalue weighted by molar-refractivity contribution is -0.513. The van der Waals surface area contributed by atoms with Crippen LogP contribution >= 0.6 is 11.8 Å². The molecule has 6 nitrogen and oxygen atoms in total. The molecular formula is C18H16N2O4S2-2. The third-order valence-corrected chi connectivity index (χ3v) is 6.23. The number of sulfonamides is 1. The number of nitrogens with zero attached hydrogens (tertiary/aromatic N) is 2. The molecule has 0 bridgehead atoms. The second kappa shape index (κ2) is 6.44. The lowest BCUT2D eigenvalue weighted by Crippen LogP contribution is -2.22. The van der Waals surface area contributed by atoms with Gasteiger partial charge in [-0.05, 0) is 35.2 Å². The molecule has 0 unspecified atom stereocenters. The Morgan fingerprint density at radius 2 is 1.77 bits per heavy atom. The lowest BCUT2D eigenvalue weighted by Gasteiger charge is -2.20. The molecule has 8 heteroatoms. The molecule has 1 aromatic carbocycles. The standard InChI is InChI=1S/C18H18N2O4S2/c1-18(2,3)11-6-8-12(9-7-11)26(23,24)20-14-13-5-4-10-19-16(13)25-15(14)17(21)22/h4-10,21-22H,1-3H3/p-2/b20-14+. The molecule has 1 aromatic heterocycles. The zero-order valence-electron chi connectivity index (χ0n) is 14.4.